The van der Waals surface area contributed by atoms with Gasteiger partial charge in [0.15, 0.2) is 0 Å². The number of nitrogens with one attached hydrogen (secondary N) is 1. The van der Waals surface area contributed by atoms with E-state index in [9.17, 15) is 4.79 Å². The molecule has 0 aromatic heterocycles. The molecule has 3 heteroatoms. The molecule has 0 saturated heterocycles. The summed E-state index contributed by atoms with van der Waals surface area (Å²) >= 11 is 0. The van der Waals surface area contributed by atoms with E-state index in [1.807, 2.05) is 0 Å². The van der Waals surface area contributed by atoms with Gasteiger partial charge in [-0.15, -0.1) is 0 Å². The Bertz CT molecular complexity index is 295. The molecule has 2 fully saturated rings. The van der Waals surface area contributed by atoms with Crippen LogP contribution in [0.5, 0.6) is 0 Å². The van der Waals surface area contributed by atoms with Crippen LogP contribution in [0, 0.1) is 16.7 Å². The predicted octanol–water partition coefficient (Wildman–Crippen LogP) is 1.66. The van der Waals surface area contributed by atoms with E-state index in [4.69, 9.17) is 5.73 Å². The van der Waals surface area contributed by atoms with Crippen molar-refractivity contribution in [1.82, 2.24) is 5.32 Å². The quantitative estimate of drug-likeness (QED) is 0.749. The zero-order valence-electron chi connectivity index (χ0n) is 10.8. The van der Waals surface area contributed by atoms with E-state index in [0.29, 0.717) is 6.04 Å². The summed E-state index contributed by atoms with van der Waals surface area (Å²) in [6.45, 7) is 8.88. The molecule has 2 saturated carbocycles. The Labute approximate surface area is 98.2 Å². The molecule has 1 amide bonds. The van der Waals surface area contributed by atoms with E-state index in [1.165, 1.54) is 0 Å². The first-order valence-corrected chi connectivity index (χ1v) is 6.33. The highest BCUT2D eigenvalue weighted by molar-refractivity contribution is 5.80. The third kappa shape index (κ3) is 1.65. The summed E-state index contributed by atoms with van der Waals surface area (Å²) in [5, 5.41) is 3.20. The highest BCUT2D eigenvalue weighted by atomic mass is 16.2. The molecule has 2 rings (SSSR count). The van der Waals surface area contributed by atoms with Crippen molar-refractivity contribution in [1.29, 1.82) is 0 Å². The summed E-state index contributed by atoms with van der Waals surface area (Å²) in [6, 6.07) is 0.556. The van der Waals surface area contributed by atoms with Gasteiger partial charge in [-0.3, -0.25) is 4.79 Å². The van der Waals surface area contributed by atoms with Gasteiger partial charge in [0, 0.05) is 18.0 Å². The van der Waals surface area contributed by atoms with Crippen molar-refractivity contribution in [3.8, 4) is 0 Å². The predicted molar refractivity (Wildman–Crippen MR) is 64.8 cm³/mol. The summed E-state index contributed by atoms with van der Waals surface area (Å²) in [5.74, 6) is 0.374. The third-order valence-electron chi connectivity index (χ3n) is 5.15. The number of carbonyl (C=O) groups is 1. The lowest BCUT2D eigenvalue weighted by Gasteiger charge is -2.12. The summed E-state index contributed by atoms with van der Waals surface area (Å²) in [4.78, 5) is 12.1. The Balaban J connectivity index is 1.90. The van der Waals surface area contributed by atoms with Gasteiger partial charge in [-0.2, -0.15) is 0 Å². The SMILES string of the molecule is CC1(C)C(NC(=O)C2CCC(N)C2)C1(C)C. The molecule has 0 aliphatic heterocycles. The molecule has 2 atom stereocenters. The van der Waals surface area contributed by atoms with Gasteiger partial charge in [0.2, 0.25) is 5.91 Å². The average molecular weight is 224 g/mol. The van der Waals surface area contributed by atoms with Crippen molar-refractivity contribution < 1.29 is 4.79 Å². The van der Waals surface area contributed by atoms with Gasteiger partial charge >= 0.3 is 0 Å². The Morgan fingerprint density at radius 2 is 1.75 bits per heavy atom. The molecule has 16 heavy (non-hydrogen) atoms. The van der Waals surface area contributed by atoms with Gasteiger partial charge in [0.1, 0.15) is 0 Å². The summed E-state index contributed by atoms with van der Waals surface area (Å²) in [6.07, 6.45) is 2.82. The van der Waals surface area contributed by atoms with Gasteiger partial charge < -0.3 is 11.1 Å². The topological polar surface area (TPSA) is 55.1 Å². The summed E-state index contributed by atoms with van der Waals surface area (Å²) < 4.78 is 0. The Hall–Kier alpha value is -0.570. The van der Waals surface area contributed by atoms with Gasteiger partial charge in [0.25, 0.3) is 0 Å². The Kier molecular flexibility index (Phi) is 2.57. The van der Waals surface area contributed by atoms with Crippen LogP contribution in [-0.4, -0.2) is 18.0 Å². The van der Waals surface area contributed by atoms with Gasteiger partial charge in [-0.05, 0) is 30.1 Å². The highest BCUT2D eigenvalue weighted by Crippen LogP contribution is 2.62. The fraction of sp³-hybridized carbons (Fsp3) is 0.923. The fourth-order valence-corrected chi connectivity index (χ4v) is 3.07. The lowest BCUT2D eigenvalue weighted by molar-refractivity contribution is -0.125. The zero-order chi connectivity index (χ0) is 12.1. The molecule has 3 N–H and O–H groups in total. The van der Waals surface area contributed by atoms with Crippen LogP contribution in [0.15, 0.2) is 0 Å². The maximum atomic E-state index is 12.1. The molecule has 0 aromatic rings. The molecule has 3 nitrogen and oxygen atoms in total. The number of amides is 1. The molecule has 2 unspecified atom stereocenters. The molecule has 2 aliphatic rings. The van der Waals surface area contributed by atoms with E-state index >= 15 is 0 Å². The van der Waals surface area contributed by atoms with Crippen molar-refractivity contribution in [2.24, 2.45) is 22.5 Å². The molecule has 0 heterocycles. The van der Waals surface area contributed by atoms with E-state index in [-0.39, 0.29) is 28.7 Å². The third-order valence-corrected chi connectivity index (χ3v) is 5.15. The van der Waals surface area contributed by atoms with Gasteiger partial charge in [-0.25, -0.2) is 0 Å². The zero-order valence-corrected chi connectivity index (χ0v) is 10.8. The number of hydrogen-bond donors (Lipinski definition) is 2. The minimum Gasteiger partial charge on any atom is -0.352 e. The van der Waals surface area contributed by atoms with Crippen molar-refractivity contribution in [3.63, 3.8) is 0 Å². The van der Waals surface area contributed by atoms with Crippen LogP contribution in [-0.2, 0) is 4.79 Å². The number of carbonyl (C=O) groups excluding carboxylic acids is 1. The molecule has 2 aliphatic carbocycles. The maximum absolute atomic E-state index is 12.1. The lowest BCUT2D eigenvalue weighted by atomic mass is 10.0. The lowest BCUT2D eigenvalue weighted by Crippen LogP contribution is -2.34. The first-order valence-electron chi connectivity index (χ1n) is 6.33. The maximum Gasteiger partial charge on any atom is 0.223 e. The Morgan fingerprint density at radius 3 is 2.12 bits per heavy atom. The van der Waals surface area contributed by atoms with Crippen LogP contribution in [0.25, 0.3) is 0 Å². The second-order valence-corrected chi connectivity index (χ2v) is 6.66. The second-order valence-electron chi connectivity index (χ2n) is 6.66. The number of nitrogens with two attached hydrogens (primary N) is 1. The van der Waals surface area contributed by atoms with Crippen molar-refractivity contribution in [3.05, 3.63) is 0 Å². The molecule has 0 bridgehead atoms. The molecule has 92 valence electrons. The molecular weight excluding hydrogens is 200 g/mol. The van der Waals surface area contributed by atoms with Crippen LogP contribution in [0.1, 0.15) is 47.0 Å². The van der Waals surface area contributed by atoms with Crippen LogP contribution in [0.4, 0.5) is 0 Å². The number of rotatable bonds is 2. The van der Waals surface area contributed by atoms with E-state index < -0.39 is 0 Å². The summed E-state index contributed by atoms with van der Waals surface area (Å²) in [5.41, 5.74) is 6.29. The van der Waals surface area contributed by atoms with E-state index in [0.717, 1.165) is 19.3 Å². The van der Waals surface area contributed by atoms with Gasteiger partial charge in [0.05, 0.1) is 0 Å². The first kappa shape index (κ1) is 11.9. The van der Waals surface area contributed by atoms with Crippen LogP contribution >= 0.6 is 0 Å². The van der Waals surface area contributed by atoms with E-state index in [2.05, 4.69) is 33.0 Å². The largest absolute Gasteiger partial charge is 0.352 e. The molecule has 0 aromatic carbocycles. The smallest absolute Gasteiger partial charge is 0.223 e. The minimum absolute atomic E-state index is 0.155. The fourth-order valence-electron chi connectivity index (χ4n) is 3.07. The minimum atomic E-state index is 0.155. The Morgan fingerprint density at radius 1 is 1.19 bits per heavy atom. The van der Waals surface area contributed by atoms with Crippen molar-refractivity contribution in [2.45, 2.75) is 59.0 Å². The molecule has 0 spiro atoms. The average Bonchev–Trinajstić information content (AvgIpc) is 2.58. The monoisotopic (exact) mass is 224 g/mol. The first-order chi connectivity index (χ1) is 7.26. The van der Waals surface area contributed by atoms with Crippen LogP contribution < -0.4 is 11.1 Å². The van der Waals surface area contributed by atoms with Crippen molar-refractivity contribution >= 4 is 5.91 Å². The normalized spacial score (nSPS) is 36.1. The van der Waals surface area contributed by atoms with E-state index in [1.54, 1.807) is 0 Å². The second kappa shape index (κ2) is 3.46. The number of hydrogen-bond acceptors (Lipinski definition) is 2. The molecular formula is C13H24N2O. The van der Waals surface area contributed by atoms with Crippen LogP contribution in [0.3, 0.4) is 0 Å². The van der Waals surface area contributed by atoms with Crippen molar-refractivity contribution in [2.75, 3.05) is 0 Å². The molecule has 0 radical (unpaired) electrons. The highest BCUT2D eigenvalue weighted by Gasteiger charge is 2.65. The van der Waals surface area contributed by atoms with Crippen LogP contribution in [0.2, 0.25) is 0 Å². The standard InChI is InChI=1S/C13H24N2O/c1-12(2)11(13(12,3)4)15-10(16)8-5-6-9(14)7-8/h8-9,11H,5-7,14H2,1-4H3,(H,15,16). The summed E-state index contributed by atoms with van der Waals surface area (Å²) in [7, 11) is 0. The van der Waals surface area contributed by atoms with Gasteiger partial charge in [-0.1, -0.05) is 27.7 Å².